The molecule has 2 rings (SSSR count). The number of hydrogen-bond acceptors (Lipinski definition) is 3. The highest BCUT2D eigenvalue weighted by atomic mass is 32.2. The highest BCUT2D eigenvalue weighted by Crippen LogP contribution is 2.26. The van der Waals surface area contributed by atoms with Crippen LogP contribution in [-0.4, -0.2) is 15.0 Å². The standard InChI is InChI=1S/C15H19NO2S2/c1-15(2,14-9-6-10-19-14)12-16-20(17,18)11-13-7-4-3-5-8-13/h3-10,16H,11-12H2,1-2H3. The van der Waals surface area contributed by atoms with Crippen molar-refractivity contribution in [2.24, 2.45) is 0 Å². The van der Waals surface area contributed by atoms with Crippen molar-refractivity contribution in [2.75, 3.05) is 6.54 Å². The zero-order valence-corrected chi connectivity index (χ0v) is 13.3. The van der Waals surface area contributed by atoms with Crippen LogP contribution in [0.25, 0.3) is 0 Å². The van der Waals surface area contributed by atoms with E-state index in [0.29, 0.717) is 6.54 Å². The average molecular weight is 309 g/mol. The van der Waals surface area contributed by atoms with Gasteiger partial charge in [-0.2, -0.15) is 0 Å². The minimum absolute atomic E-state index is 0.0222. The summed E-state index contributed by atoms with van der Waals surface area (Å²) in [5, 5.41) is 2.01. The Morgan fingerprint density at radius 2 is 1.80 bits per heavy atom. The van der Waals surface area contributed by atoms with E-state index >= 15 is 0 Å². The molecule has 1 aromatic heterocycles. The fraction of sp³-hybridized carbons (Fsp3) is 0.333. The second kappa shape index (κ2) is 6.08. The molecule has 0 saturated carbocycles. The lowest BCUT2D eigenvalue weighted by molar-refractivity contribution is 0.509. The Balaban J connectivity index is 1.99. The van der Waals surface area contributed by atoms with Crippen LogP contribution < -0.4 is 4.72 Å². The van der Waals surface area contributed by atoms with E-state index in [4.69, 9.17) is 0 Å². The Morgan fingerprint density at radius 3 is 2.40 bits per heavy atom. The molecule has 0 saturated heterocycles. The van der Waals surface area contributed by atoms with Gasteiger partial charge in [0.2, 0.25) is 10.0 Å². The second-order valence-electron chi connectivity index (χ2n) is 5.43. The van der Waals surface area contributed by atoms with Crippen LogP contribution in [0.15, 0.2) is 47.8 Å². The highest BCUT2D eigenvalue weighted by molar-refractivity contribution is 7.88. The molecule has 0 atom stereocenters. The summed E-state index contributed by atoms with van der Waals surface area (Å²) in [6.07, 6.45) is 0. The molecule has 0 fully saturated rings. The molecule has 0 radical (unpaired) electrons. The molecule has 5 heteroatoms. The van der Waals surface area contributed by atoms with Gasteiger partial charge in [-0.05, 0) is 17.0 Å². The lowest BCUT2D eigenvalue weighted by Crippen LogP contribution is -2.36. The molecule has 1 aromatic carbocycles. The molecule has 0 unspecified atom stereocenters. The fourth-order valence-electron chi connectivity index (χ4n) is 1.89. The monoisotopic (exact) mass is 309 g/mol. The maximum absolute atomic E-state index is 12.1. The molecule has 0 aliphatic heterocycles. The van der Waals surface area contributed by atoms with E-state index in [1.165, 1.54) is 4.88 Å². The summed E-state index contributed by atoms with van der Waals surface area (Å²) < 4.78 is 26.9. The van der Waals surface area contributed by atoms with Crippen molar-refractivity contribution >= 4 is 21.4 Å². The van der Waals surface area contributed by atoms with Crippen LogP contribution in [-0.2, 0) is 21.2 Å². The van der Waals surface area contributed by atoms with E-state index in [1.807, 2.05) is 61.7 Å². The van der Waals surface area contributed by atoms with Gasteiger partial charge in [-0.25, -0.2) is 13.1 Å². The predicted molar refractivity (Wildman–Crippen MR) is 84.4 cm³/mol. The van der Waals surface area contributed by atoms with Crippen molar-refractivity contribution in [1.29, 1.82) is 0 Å². The van der Waals surface area contributed by atoms with E-state index in [9.17, 15) is 8.42 Å². The molecule has 0 aliphatic rings. The van der Waals surface area contributed by atoms with Gasteiger partial charge in [0.05, 0.1) is 5.75 Å². The van der Waals surface area contributed by atoms with Gasteiger partial charge in [-0.1, -0.05) is 50.2 Å². The van der Waals surface area contributed by atoms with Crippen LogP contribution in [0.3, 0.4) is 0 Å². The van der Waals surface area contributed by atoms with E-state index in [2.05, 4.69) is 4.72 Å². The van der Waals surface area contributed by atoms with Gasteiger partial charge < -0.3 is 0 Å². The lowest BCUT2D eigenvalue weighted by atomic mass is 9.92. The Morgan fingerprint density at radius 1 is 1.10 bits per heavy atom. The molecule has 0 bridgehead atoms. The van der Waals surface area contributed by atoms with E-state index in [0.717, 1.165) is 5.56 Å². The number of rotatable bonds is 6. The summed E-state index contributed by atoms with van der Waals surface area (Å²) in [7, 11) is -3.30. The number of nitrogens with one attached hydrogen (secondary N) is 1. The van der Waals surface area contributed by atoms with Crippen LogP contribution in [0.2, 0.25) is 0 Å². The molecular weight excluding hydrogens is 290 g/mol. The first kappa shape index (κ1) is 15.2. The Hall–Kier alpha value is -1.17. The molecule has 1 N–H and O–H groups in total. The molecule has 108 valence electrons. The molecule has 2 aromatic rings. The lowest BCUT2D eigenvalue weighted by Gasteiger charge is -2.23. The van der Waals surface area contributed by atoms with Gasteiger partial charge in [0.15, 0.2) is 0 Å². The van der Waals surface area contributed by atoms with Crippen molar-refractivity contribution in [1.82, 2.24) is 4.72 Å². The fourth-order valence-corrected chi connectivity index (χ4v) is 4.05. The average Bonchev–Trinajstić information content (AvgIpc) is 2.92. The zero-order chi connectivity index (χ0) is 14.6. The molecule has 20 heavy (non-hydrogen) atoms. The third-order valence-electron chi connectivity index (χ3n) is 3.12. The summed E-state index contributed by atoms with van der Waals surface area (Å²) in [4.78, 5) is 1.18. The quantitative estimate of drug-likeness (QED) is 0.891. The molecule has 3 nitrogen and oxygen atoms in total. The molecule has 1 heterocycles. The SMILES string of the molecule is CC(C)(CNS(=O)(=O)Cc1ccccc1)c1cccs1. The van der Waals surface area contributed by atoms with Gasteiger partial charge in [0.1, 0.15) is 0 Å². The first-order chi connectivity index (χ1) is 9.39. The predicted octanol–water partition coefficient (Wildman–Crippen LogP) is 3.15. The molecular formula is C15H19NO2S2. The van der Waals surface area contributed by atoms with Crippen molar-refractivity contribution in [3.63, 3.8) is 0 Å². The Labute approximate surface area is 124 Å². The van der Waals surface area contributed by atoms with Crippen molar-refractivity contribution in [3.8, 4) is 0 Å². The van der Waals surface area contributed by atoms with Gasteiger partial charge in [-0.3, -0.25) is 0 Å². The number of sulfonamides is 1. The summed E-state index contributed by atoms with van der Waals surface area (Å²) in [6, 6.07) is 13.2. The van der Waals surface area contributed by atoms with E-state index in [-0.39, 0.29) is 11.2 Å². The van der Waals surface area contributed by atoms with Crippen molar-refractivity contribution in [2.45, 2.75) is 25.0 Å². The topological polar surface area (TPSA) is 46.2 Å². The summed E-state index contributed by atoms with van der Waals surface area (Å²) in [5.74, 6) is 0.0222. The van der Waals surface area contributed by atoms with Gasteiger partial charge in [0.25, 0.3) is 0 Å². The summed E-state index contributed by atoms with van der Waals surface area (Å²) in [6.45, 7) is 4.50. The molecule has 0 amide bonds. The number of hydrogen-bond donors (Lipinski definition) is 1. The van der Waals surface area contributed by atoms with Crippen molar-refractivity contribution in [3.05, 3.63) is 58.3 Å². The van der Waals surface area contributed by atoms with Crippen LogP contribution in [0.5, 0.6) is 0 Å². The van der Waals surface area contributed by atoms with Gasteiger partial charge in [0, 0.05) is 16.8 Å². The van der Waals surface area contributed by atoms with Gasteiger partial charge >= 0.3 is 0 Å². The molecule has 0 spiro atoms. The number of thiophene rings is 1. The van der Waals surface area contributed by atoms with Crippen molar-refractivity contribution < 1.29 is 8.42 Å². The summed E-state index contributed by atoms with van der Waals surface area (Å²) in [5.41, 5.74) is 0.603. The zero-order valence-electron chi connectivity index (χ0n) is 11.7. The number of benzene rings is 1. The third kappa shape index (κ3) is 4.16. The maximum Gasteiger partial charge on any atom is 0.215 e. The Kier molecular flexibility index (Phi) is 4.62. The first-order valence-corrected chi connectivity index (χ1v) is 8.97. The minimum Gasteiger partial charge on any atom is -0.214 e. The smallest absolute Gasteiger partial charge is 0.214 e. The maximum atomic E-state index is 12.1. The van der Waals surface area contributed by atoms with Crippen LogP contribution >= 0.6 is 11.3 Å². The normalized spacial score (nSPS) is 12.5. The largest absolute Gasteiger partial charge is 0.215 e. The van der Waals surface area contributed by atoms with Crippen LogP contribution in [0.1, 0.15) is 24.3 Å². The van der Waals surface area contributed by atoms with E-state index in [1.54, 1.807) is 11.3 Å². The second-order valence-corrected chi connectivity index (χ2v) is 8.18. The first-order valence-electron chi connectivity index (χ1n) is 6.44. The van der Waals surface area contributed by atoms with Crippen LogP contribution in [0.4, 0.5) is 0 Å². The Bertz CT molecular complexity index is 632. The van der Waals surface area contributed by atoms with E-state index < -0.39 is 10.0 Å². The third-order valence-corrected chi connectivity index (χ3v) is 5.66. The summed E-state index contributed by atoms with van der Waals surface area (Å²) >= 11 is 1.65. The highest BCUT2D eigenvalue weighted by Gasteiger charge is 2.24. The minimum atomic E-state index is -3.30. The van der Waals surface area contributed by atoms with Gasteiger partial charge in [-0.15, -0.1) is 11.3 Å². The van der Waals surface area contributed by atoms with Crippen LogP contribution in [0, 0.1) is 0 Å². The molecule has 0 aliphatic carbocycles.